The maximum atomic E-state index is 12.7. The zero-order valence-corrected chi connectivity index (χ0v) is 17.2. The van der Waals surface area contributed by atoms with Crippen molar-refractivity contribution >= 4 is 40.9 Å². The lowest BCUT2D eigenvalue weighted by Crippen LogP contribution is -2.27. The van der Waals surface area contributed by atoms with E-state index in [4.69, 9.17) is 4.42 Å². The van der Waals surface area contributed by atoms with E-state index in [9.17, 15) is 29.4 Å². The van der Waals surface area contributed by atoms with Crippen LogP contribution in [0.5, 0.6) is 0 Å². The molecule has 160 valence electrons. The Kier molecular flexibility index (Phi) is 5.65. The molecule has 2 N–H and O–H groups in total. The van der Waals surface area contributed by atoms with Gasteiger partial charge in [-0.2, -0.15) is 0 Å². The number of nitrogens with zero attached hydrogens (tertiary/aromatic N) is 1. The lowest BCUT2D eigenvalue weighted by atomic mass is 10.0. The number of imide groups is 1. The largest absolute Gasteiger partial charge is 0.478 e. The van der Waals surface area contributed by atoms with Crippen molar-refractivity contribution in [1.29, 1.82) is 0 Å². The van der Waals surface area contributed by atoms with Crippen LogP contribution in [0, 0.1) is 0 Å². The number of rotatable bonds is 6. The van der Waals surface area contributed by atoms with Gasteiger partial charge in [0, 0.05) is 11.6 Å². The highest BCUT2D eigenvalue weighted by Gasteiger charge is 2.35. The lowest BCUT2D eigenvalue weighted by molar-refractivity contribution is -0.123. The maximum Gasteiger partial charge on any atom is 0.335 e. The number of carboxylic acid groups (broad SMARTS) is 2. The first-order valence-corrected chi connectivity index (χ1v) is 10.1. The molecule has 4 rings (SSSR count). The summed E-state index contributed by atoms with van der Waals surface area (Å²) in [5.41, 5.74) is 0.697. The lowest BCUT2D eigenvalue weighted by Gasteiger charge is -2.11. The molecule has 32 heavy (non-hydrogen) atoms. The molecule has 8 nitrogen and oxygen atoms in total. The van der Waals surface area contributed by atoms with Gasteiger partial charge in [0.05, 0.1) is 22.6 Å². The van der Waals surface area contributed by atoms with Gasteiger partial charge in [0.1, 0.15) is 11.5 Å². The molecule has 3 aromatic rings. The predicted octanol–water partition coefficient (Wildman–Crippen LogP) is 4.58. The van der Waals surface area contributed by atoms with E-state index in [0.29, 0.717) is 0 Å². The van der Waals surface area contributed by atoms with Crippen LogP contribution in [0.15, 0.2) is 70.0 Å². The fraction of sp³-hybridized carbons (Fsp3) is 0.0435. The molecular formula is C23H15NO7S. The zero-order chi connectivity index (χ0) is 22.8. The normalized spacial score (nSPS) is 14.9. The third-order valence-corrected chi connectivity index (χ3v) is 5.58. The van der Waals surface area contributed by atoms with Gasteiger partial charge >= 0.3 is 11.9 Å². The van der Waals surface area contributed by atoms with Crippen molar-refractivity contribution in [2.24, 2.45) is 0 Å². The van der Waals surface area contributed by atoms with E-state index in [-0.39, 0.29) is 39.7 Å². The molecule has 0 spiro atoms. The van der Waals surface area contributed by atoms with Crippen LogP contribution in [0.1, 0.15) is 32.0 Å². The number of aromatic carboxylic acids is 2. The summed E-state index contributed by atoms with van der Waals surface area (Å²) in [4.78, 5) is 49.0. The Morgan fingerprint density at radius 1 is 0.938 bits per heavy atom. The number of hydrogen-bond acceptors (Lipinski definition) is 6. The number of benzene rings is 2. The average Bonchev–Trinajstić information content (AvgIpc) is 3.34. The third-order valence-electron chi connectivity index (χ3n) is 4.67. The van der Waals surface area contributed by atoms with Crippen molar-refractivity contribution in [2.45, 2.75) is 6.54 Å². The Bertz CT molecular complexity index is 1240. The maximum absolute atomic E-state index is 12.7. The highest BCUT2D eigenvalue weighted by molar-refractivity contribution is 8.18. The van der Waals surface area contributed by atoms with E-state index >= 15 is 0 Å². The Hall–Kier alpha value is -4.11. The van der Waals surface area contributed by atoms with Crippen molar-refractivity contribution in [1.82, 2.24) is 4.90 Å². The summed E-state index contributed by atoms with van der Waals surface area (Å²) < 4.78 is 5.68. The molecule has 1 fully saturated rings. The monoisotopic (exact) mass is 449 g/mol. The van der Waals surface area contributed by atoms with E-state index in [1.54, 1.807) is 6.07 Å². The van der Waals surface area contributed by atoms with E-state index in [1.165, 1.54) is 24.3 Å². The van der Waals surface area contributed by atoms with Gasteiger partial charge in [0.15, 0.2) is 0 Å². The second-order valence-electron chi connectivity index (χ2n) is 6.86. The molecule has 0 aliphatic carbocycles. The van der Waals surface area contributed by atoms with Crippen LogP contribution < -0.4 is 0 Å². The van der Waals surface area contributed by atoms with Crippen molar-refractivity contribution < 1.29 is 33.8 Å². The molecule has 0 bridgehead atoms. The molecule has 9 heteroatoms. The smallest absolute Gasteiger partial charge is 0.335 e. The SMILES string of the molecule is O=C(O)c1cc(C(=O)O)cc(-c2ccc(/C=C3/SC(=O)N(Cc4ccccc4)C3=O)o2)c1. The van der Waals surface area contributed by atoms with Crippen molar-refractivity contribution in [3.8, 4) is 11.3 Å². The molecule has 1 aromatic heterocycles. The first kappa shape index (κ1) is 21.1. The summed E-state index contributed by atoms with van der Waals surface area (Å²) in [7, 11) is 0. The van der Waals surface area contributed by atoms with Gasteiger partial charge in [-0.15, -0.1) is 0 Å². The summed E-state index contributed by atoms with van der Waals surface area (Å²) in [5.74, 6) is -2.49. The van der Waals surface area contributed by atoms with Crippen molar-refractivity contribution in [3.05, 3.63) is 88.0 Å². The standard InChI is InChI=1S/C23H15NO7S/c25-20-19(32-23(30)24(20)12-13-4-2-1-3-5-13)11-17-6-7-18(31-17)14-8-15(21(26)27)10-16(9-14)22(28)29/h1-11H,12H2,(H,26,27)(H,28,29)/b19-11+. The molecule has 1 aliphatic rings. The van der Waals surface area contributed by atoms with Gasteiger partial charge in [-0.05, 0) is 47.7 Å². The Balaban J connectivity index is 1.59. The molecule has 0 radical (unpaired) electrons. The average molecular weight is 449 g/mol. The summed E-state index contributed by atoms with van der Waals surface area (Å²) in [6.45, 7) is 0.159. The molecule has 1 saturated heterocycles. The minimum atomic E-state index is -1.27. The molecule has 2 aromatic carbocycles. The van der Waals surface area contributed by atoms with Gasteiger partial charge in [0.2, 0.25) is 0 Å². The summed E-state index contributed by atoms with van der Waals surface area (Å²) >= 11 is 0.797. The van der Waals surface area contributed by atoms with E-state index < -0.39 is 23.1 Å². The fourth-order valence-electron chi connectivity index (χ4n) is 3.13. The molecular weight excluding hydrogens is 434 g/mol. The summed E-state index contributed by atoms with van der Waals surface area (Å²) in [5, 5.41) is 18.1. The van der Waals surface area contributed by atoms with Gasteiger partial charge in [-0.1, -0.05) is 30.3 Å². The van der Waals surface area contributed by atoms with Gasteiger partial charge in [-0.25, -0.2) is 9.59 Å². The Morgan fingerprint density at radius 2 is 1.59 bits per heavy atom. The zero-order valence-electron chi connectivity index (χ0n) is 16.3. The van der Waals surface area contributed by atoms with E-state index in [0.717, 1.165) is 28.3 Å². The second-order valence-corrected chi connectivity index (χ2v) is 7.86. The predicted molar refractivity (Wildman–Crippen MR) is 116 cm³/mol. The second kappa shape index (κ2) is 8.56. The van der Waals surface area contributed by atoms with E-state index in [1.807, 2.05) is 30.3 Å². The third kappa shape index (κ3) is 4.33. The van der Waals surface area contributed by atoms with Crippen molar-refractivity contribution in [2.75, 3.05) is 0 Å². The Morgan fingerprint density at radius 3 is 2.22 bits per heavy atom. The highest BCUT2D eigenvalue weighted by Crippen LogP contribution is 2.34. The number of carbonyl (C=O) groups excluding carboxylic acids is 2. The van der Waals surface area contributed by atoms with Crippen LogP contribution in [-0.2, 0) is 11.3 Å². The first-order valence-electron chi connectivity index (χ1n) is 9.33. The molecule has 0 atom stereocenters. The fourth-order valence-corrected chi connectivity index (χ4v) is 3.95. The van der Waals surface area contributed by atoms with Crippen LogP contribution in [-0.4, -0.2) is 38.2 Å². The number of hydrogen-bond donors (Lipinski definition) is 2. The van der Waals surface area contributed by atoms with Crippen LogP contribution in [0.2, 0.25) is 0 Å². The summed E-state index contributed by atoms with van der Waals surface area (Å²) in [6, 6.07) is 15.9. The highest BCUT2D eigenvalue weighted by atomic mass is 32.2. The topological polar surface area (TPSA) is 125 Å². The number of carbonyl (C=O) groups is 4. The number of thioether (sulfide) groups is 1. The van der Waals surface area contributed by atoms with Gasteiger partial charge in [0.25, 0.3) is 11.1 Å². The van der Waals surface area contributed by atoms with Crippen LogP contribution in [0.4, 0.5) is 4.79 Å². The number of furan rings is 1. The van der Waals surface area contributed by atoms with E-state index in [2.05, 4.69) is 0 Å². The van der Waals surface area contributed by atoms with Crippen LogP contribution in [0.3, 0.4) is 0 Å². The molecule has 0 unspecified atom stereocenters. The number of amides is 2. The van der Waals surface area contributed by atoms with Gasteiger partial charge in [-0.3, -0.25) is 14.5 Å². The van der Waals surface area contributed by atoms with Crippen LogP contribution in [0.25, 0.3) is 17.4 Å². The quantitative estimate of drug-likeness (QED) is 0.524. The minimum Gasteiger partial charge on any atom is -0.478 e. The number of carboxylic acids is 2. The first-order chi connectivity index (χ1) is 15.3. The van der Waals surface area contributed by atoms with Crippen LogP contribution >= 0.6 is 11.8 Å². The van der Waals surface area contributed by atoms with Crippen molar-refractivity contribution in [3.63, 3.8) is 0 Å². The molecule has 0 saturated carbocycles. The summed E-state index contributed by atoms with van der Waals surface area (Å²) in [6.07, 6.45) is 1.43. The molecule has 2 heterocycles. The molecule has 2 amide bonds. The Labute approximate surface area is 185 Å². The van der Waals surface area contributed by atoms with Gasteiger partial charge < -0.3 is 14.6 Å². The molecule has 1 aliphatic heterocycles. The minimum absolute atomic E-state index is 0.159.